The van der Waals surface area contributed by atoms with Crippen molar-refractivity contribution >= 4 is 52.5 Å². The number of halogens is 1. The van der Waals surface area contributed by atoms with Gasteiger partial charge in [-0.2, -0.15) is 0 Å². The highest BCUT2D eigenvalue weighted by atomic mass is 35.5. The standard InChI is InChI=1S/C21H20ClN3O4S/c1-29-11-10-23-17(26)12-30-16-8-6-15(7-9-16)24-19-18(20(27)25-21(19)28)13-2-4-14(22)5-3-13/h2-9,18H,10-12H2,1H3,(H,23,26)(H,25,27,28). The lowest BCUT2D eigenvalue weighted by molar-refractivity contribution is -0.124. The lowest BCUT2D eigenvalue weighted by Gasteiger charge is -2.08. The van der Waals surface area contributed by atoms with Gasteiger partial charge in [-0.3, -0.25) is 19.7 Å². The van der Waals surface area contributed by atoms with Gasteiger partial charge in [0.05, 0.1) is 18.0 Å². The molecule has 1 aliphatic rings. The number of hydrogen-bond acceptors (Lipinski definition) is 6. The van der Waals surface area contributed by atoms with Crippen LogP contribution in [-0.4, -0.2) is 49.4 Å². The molecule has 0 bridgehead atoms. The molecule has 1 fully saturated rings. The predicted octanol–water partition coefficient (Wildman–Crippen LogP) is 2.71. The third-order valence-corrected chi connectivity index (χ3v) is 5.56. The summed E-state index contributed by atoms with van der Waals surface area (Å²) in [5, 5.41) is 5.62. The van der Waals surface area contributed by atoms with Crippen LogP contribution in [0.3, 0.4) is 0 Å². The van der Waals surface area contributed by atoms with Crippen molar-refractivity contribution in [3.8, 4) is 0 Å². The SMILES string of the molecule is COCCNC(=O)CSc1ccc(N=C2C(=O)NC(=O)C2c2ccc(Cl)cc2)cc1. The fraction of sp³-hybridized carbons (Fsp3) is 0.238. The second-order valence-electron chi connectivity index (χ2n) is 6.43. The second-order valence-corrected chi connectivity index (χ2v) is 7.91. The van der Waals surface area contributed by atoms with E-state index in [2.05, 4.69) is 15.6 Å². The van der Waals surface area contributed by atoms with Gasteiger partial charge in [0.25, 0.3) is 5.91 Å². The summed E-state index contributed by atoms with van der Waals surface area (Å²) in [6.45, 7) is 0.945. The van der Waals surface area contributed by atoms with E-state index in [0.29, 0.717) is 29.4 Å². The number of hydrogen-bond donors (Lipinski definition) is 2. The maximum absolute atomic E-state index is 12.3. The molecule has 0 aliphatic carbocycles. The number of amides is 3. The topological polar surface area (TPSA) is 96.9 Å². The summed E-state index contributed by atoms with van der Waals surface area (Å²) >= 11 is 7.30. The first-order chi connectivity index (χ1) is 14.5. The summed E-state index contributed by atoms with van der Waals surface area (Å²) in [6.07, 6.45) is 0. The van der Waals surface area contributed by atoms with Crippen LogP contribution in [0.25, 0.3) is 0 Å². The summed E-state index contributed by atoms with van der Waals surface area (Å²) in [6, 6.07) is 13.9. The number of ether oxygens (including phenoxy) is 1. The van der Waals surface area contributed by atoms with Crippen LogP contribution in [0, 0.1) is 0 Å². The van der Waals surface area contributed by atoms with Gasteiger partial charge in [-0.15, -0.1) is 11.8 Å². The molecule has 1 unspecified atom stereocenters. The first-order valence-corrected chi connectivity index (χ1v) is 10.5. The number of thioether (sulfide) groups is 1. The van der Waals surface area contributed by atoms with E-state index in [1.807, 2.05) is 12.1 Å². The molecule has 30 heavy (non-hydrogen) atoms. The van der Waals surface area contributed by atoms with E-state index in [-0.39, 0.29) is 17.4 Å². The molecule has 1 saturated heterocycles. The van der Waals surface area contributed by atoms with Gasteiger partial charge in [-0.25, -0.2) is 4.99 Å². The Morgan fingerprint density at radius 1 is 1.17 bits per heavy atom. The Hall–Kier alpha value is -2.68. The van der Waals surface area contributed by atoms with Gasteiger partial charge >= 0.3 is 0 Å². The molecule has 2 aromatic rings. The summed E-state index contributed by atoms with van der Waals surface area (Å²) < 4.78 is 4.89. The Bertz CT molecular complexity index is 961. The minimum atomic E-state index is -0.778. The largest absolute Gasteiger partial charge is 0.383 e. The number of nitrogens with zero attached hydrogens (tertiary/aromatic N) is 1. The zero-order chi connectivity index (χ0) is 21.5. The minimum Gasteiger partial charge on any atom is -0.383 e. The van der Waals surface area contributed by atoms with Gasteiger partial charge in [0.15, 0.2) is 0 Å². The first-order valence-electron chi connectivity index (χ1n) is 9.15. The number of benzene rings is 2. The van der Waals surface area contributed by atoms with Crippen molar-refractivity contribution in [2.75, 3.05) is 26.0 Å². The Balaban J connectivity index is 1.69. The highest BCUT2D eigenvalue weighted by molar-refractivity contribution is 8.00. The van der Waals surface area contributed by atoms with Crippen molar-refractivity contribution in [1.82, 2.24) is 10.6 Å². The van der Waals surface area contributed by atoms with Crippen LogP contribution in [0.5, 0.6) is 0 Å². The summed E-state index contributed by atoms with van der Waals surface area (Å²) in [7, 11) is 1.58. The number of carbonyl (C=O) groups excluding carboxylic acids is 3. The summed E-state index contributed by atoms with van der Waals surface area (Å²) in [5.74, 6) is -1.49. The zero-order valence-corrected chi connectivity index (χ0v) is 17.8. The normalized spacial score (nSPS) is 17.3. The average Bonchev–Trinajstić information content (AvgIpc) is 3.01. The molecule has 1 aliphatic heterocycles. The van der Waals surface area contributed by atoms with Crippen molar-refractivity contribution in [3.63, 3.8) is 0 Å². The van der Waals surface area contributed by atoms with Crippen LogP contribution < -0.4 is 10.6 Å². The molecule has 0 radical (unpaired) electrons. The van der Waals surface area contributed by atoms with Gasteiger partial charge in [0.1, 0.15) is 11.6 Å². The maximum atomic E-state index is 12.3. The van der Waals surface area contributed by atoms with Crippen LogP contribution in [0.15, 0.2) is 58.4 Å². The number of imide groups is 1. The van der Waals surface area contributed by atoms with Crippen LogP contribution in [0.2, 0.25) is 5.02 Å². The lowest BCUT2D eigenvalue weighted by Crippen LogP contribution is -2.28. The number of rotatable bonds is 8. The van der Waals surface area contributed by atoms with Crippen LogP contribution in [-0.2, 0) is 19.1 Å². The van der Waals surface area contributed by atoms with E-state index in [4.69, 9.17) is 16.3 Å². The van der Waals surface area contributed by atoms with E-state index in [0.717, 1.165) is 4.90 Å². The molecule has 1 heterocycles. The van der Waals surface area contributed by atoms with Gasteiger partial charge in [0, 0.05) is 23.6 Å². The molecule has 3 amide bonds. The molecule has 2 N–H and O–H groups in total. The molecule has 156 valence electrons. The van der Waals surface area contributed by atoms with Crippen molar-refractivity contribution in [2.45, 2.75) is 10.8 Å². The molecule has 0 aromatic heterocycles. The summed E-state index contributed by atoms with van der Waals surface area (Å²) in [4.78, 5) is 41.6. The van der Waals surface area contributed by atoms with E-state index < -0.39 is 17.7 Å². The average molecular weight is 446 g/mol. The number of aliphatic imine (C=N–C) groups is 1. The Morgan fingerprint density at radius 3 is 2.53 bits per heavy atom. The third-order valence-electron chi connectivity index (χ3n) is 4.29. The van der Waals surface area contributed by atoms with Crippen LogP contribution >= 0.6 is 23.4 Å². The molecule has 2 aromatic carbocycles. The van der Waals surface area contributed by atoms with Crippen molar-refractivity contribution < 1.29 is 19.1 Å². The summed E-state index contributed by atoms with van der Waals surface area (Å²) in [5.41, 5.74) is 1.33. The molecule has 9 heteroatoms. The monoisotopic (exact) mass is 445 g/mol. The molecule has 7 nitrogen and oxygen atoms in total. The minimum absolute atomic E-state index is 0.0756. The van der Waals surface area contributed by atoms with E-state index in [1.165, 1.54) is 11.8 Å². The number of methoxy groups -OCH3 is 1. The second kappa shape index (κ2) is 10.4. The van der Waals surface area contributed by atoms with Crippen molar-refractivity contribution in [2.24, 2.45) is 4.99 Å². The van der Waals surface area contributed by atoms with Gasteiger partial charge in [-0.05, 0) is 42.0 Å². The van der Waals surface area contributed by atoms with Crippen LogP contribution in [0.4, 0.5) is 5.69 Å². The number of carbonyl (C=O) groups is 3. The van der Waals surface area contributed by atoms with E-state index in [1.54, 1.807) is 43.5 Å². The maximum Gasteiger partial charge on any atom is 0.273 e. The fourth-order valence-electron chi connectivity index (χ4n) is 2.83. The number of nitrogens with one attached hydrogen (secondary N) is 2. The highest BCUT2D eigenvalue weighted by Gasteiger charge is 2.39. The predicted molar refractivity (Wildman–Crippen MR) is 116 cm³/mol. The zero-order valence-electron chi connectivity index (χ0n) is 16.2. The molecule has 1 atom stereocenters. The van der Waals surface area contributed by atoms with E-state index in [9.17, 15) is 14.4 Å². The van der Waals surface area contributed by atoms with Gasteiger partial charge < -0.3 is 10.1 Å². The Labute approximate surface area is 183 Å². The van der Waals surface area contributed by atoms with Crippen LogP contribution in [0.1, 0.15) is 11.5 Å². The molecule has 3 rings (SSSR count). The highest BCUT2D eigenvalue weighted by Crippen LogP contribution is 2.27. The molecule has 0 spiro atoms. The van der Waals surface area contributed by atoms with Crippen molar-refractivity contribution in [1.29, 1.82) is 0 Å². The fourth-order valence-corrected chi connectivity index (χ4v) is 3.69. The third kappa shape index (κ3) is 5.69. The van der Waals surface area contributed by atoms with E-state index >= 15 is 0 Å². The molecular formula is C21H20ClN3O4S. The molecule has 0 saturated carbocycles. The van der Waals surface area contributed by atoms with Gasteiger partial charge in [-0.1, -0.05) is 23.7 Å². The smallest absolute Gasteiger partial charge is 0.273 e. The quantitative estimate of drug-likeness (QED) is 0.370. The lowest BCUT2D eigenvalue weighted by atomic mass is 9.96. The first kappa shape index (κ1) is 22.0. The van der Waals surface area contributed by atoms with Gasteiger partial charge in [0.2, 0.25) is 11.8 Å². The Kier molecular flexibility index (Phi) is 7.62. The van der Waals surface area contributed by atoms with Crippen molar-refractivity contribution in [3.05, 3.63) is 59.1 Å². The Morgan fingerprint density at radius 2 is 1.87 bits per heavy atom. The molecular weight excluding hydrogens is 426 g/mol.